The van der Waals surface area contributed by atoms with Gasteiger partial charge in [-0.3, -0.25) is 9.69 Å². The van der Waals surface area contributed by atoms with E-state index in [9.17, 15) is 9.90 Å². The normalized spacial score (nSPS) is 17.1. The second-order valence-corrected chi connectivity index (χ2v) is 7.93. The highest BCUT2D eigenvalue weighted by molar-refractivity contribution is 6.30. The van der Waals surface area contributed by atoms with Crippen molar-refractivity contribution in [2.24, 2.45) is 0 Å². The van der Waals surface area contributed by atoms with Crippen LogP contribution < -0.4 is 0 Å². The lowest BCUT2D eigenvalue weighted by molar-refractivity contribution is 0.0733. The minimum absolute atomic E-state index is 0.00299. The van der Waals surface area contributed by atoms with Crippen molar-refractivity contribution in [3.05, 3.63) is 34.7 Å². The topological polar surface area (TPSA) is 61.1 Å². The predicted octanol–water partition coefficient (Wildman–Crippen LogP) is 3.21. The number of aliphatic hydroxyl groups is 1. The van der Waals surface area contributed by atoms with Crippen molar-refractivity contribution in [1.82, 2.24) is 19.2 Å². The number of aromatic nitrogens is 2. The molecule has 1 amide bonds. The van der Waals surface area contributed by atoms with Crippen LogP contribution in [-0.2, 0) is 6.54 Å². The summed E-state index contributed by atoms with van der Waals surface area (Å²) >= 11 is 6.20. The van der Waals surface area contributed by atoms with Gasteiger partial charge in [0, 0.05) is 31.9 Å². The number of nitrogens with zero attached hydrogens (tertiary/aromatic N) is 4. The zero-order valence-corrected chi connectivity index (χ0v) is 17.0. The molecule has 1 aliphatic heterocycles. The number of rotatable bonds is 5. The Labute approximate surface area is 165 Å². The number of carbonyl (C=O) groups is 1. The van der Waals surface area contributed by atoms with Crippen LogP contribution in [0.4, 0.5) is 0 Å². The fraction of sp³-hybridized carbons (Fsp3) is 0.600. The second kappa shape index (κ2) is 9.04. The van der Waals surface area contributed by atoms with Crippen molar-refractivity contribution in [1.29, 1.82) is 0 Å². The largest absolute Gasteiger partial charge is 0.395 e. The van der Waals surface area contributed by atoms with E-state index in [0.29, 0.717) is 17.3 Å². The van der Waals surface area contributed by atoms with E-state index in [0.717, 1.165) is 37.3 Å². The number of pyridine rings is 1. The van der Waals surface area contributed by atoms with Crippen LogP contribution in [0.1, 0.15) is 55.2 Å². The van der Waals surface area contributed by atoms with Gasteiger partial charge in [-0.25, -0.2) is 4.98 Å². The van der Waals surface area contributed by atoms with Crippen molar-refractivity contribution in [3.63, 3.8) is 0 Å². The summed E-state index contributed by atoms with van der Waals surface area (Å²) in [6, 6.07) is 3.61. The maximum absolute atomic E-state index is 13.3. The van der Waals surface area contributed by atoms with Crippen molar-refractivity contribution in [3.8, 4) is 0 Å². The third-order valence-corrected chi connectivity index (χ3v) is 5.67. The monoisotopic (exact) mass is 392 g/mol. The lowest BCUT2D eigenvalue weighted by Crippen LogP contribution is -2.36. The molecule has 0 saturated carbocycles. The zero-order valence-electron chi connectivity index (χ0n) is 16.2. The molecular weight excluding hydrogens is 364 g/mol. The quantitative estimate of drug-likeness (QED) is 0.848. The minimum atomic E-state index is -0.0145. The van der Waals surface area contributed by atoms with Gasteiger partial charge in [-0.2, -0.15) is 0 Å². The number of amides is 1. The van der Waals surface area contributed by atoms with Gasteiger partial charge < -0.3 is 14.4 Å². The number of likely N-dealkylation sites (tertiary alicyclic amines) is 1. The van der Waals surface area contributed by atoms with Crippen molar-refractivity contribution in [2.75, 3.05) is 26.7 Å². The van der Waals surface area contributed by atoms with Gasteiger partial charge in [0.05, 0.1) is 17.3 Å². The maximum Gasteiger partial charge on any atom is 0.274 e. The van der Waals surface area contributed by atoms with Crippen molar-refractivity contribution < 1.29 is 9.90 Å². The van der Waals surface area contributed by atoms with Crippen LogP contribution in [0.5, 0.6) is 0 Å². The Hall–Kier alpha value is -1.63. The molecule has 0 spiro atoms. The van der Waals surface area contributed by atoms with E-state index in [-0.39, 0.29) is 18.6 Å². The van der Waals surface area contributed by atoms with Crippen LogP contribution in [0.15, 0.2) is 18.3 Å². The Morgan fingerprint density at radius 1 is 1.26 bits per heavy atom. The highest BCUT2D eigenvalue weighted by atomic mass is 35.5. The van der Waals surface area contributed by atoms with E-state index >= 15 is 0 Å². The molecule has 0 aliphatic carbocycles. The summed E-state index contributed by atoms with van der Waals surface area (Å²) in [4.78, 5) is 21.9. The van der Waals surface area contributed by atoms with Gasteiger partial charge in [-0.05, 0) is 38.9 Å². The molecule has 1 atom stereocenters. The van der Waals surface area contributed by atoms with E-state index in [2.05, 4.69) is 4.98 Å². The summed E-state index contributed by atoms with van der Waals surface area (Å²) in [5, 5.41) is 10.1. The standard InChI is InChI=1S/C20H29ClN4O2/c1-15(14-26)23(2)13-17-19(22-18-9-8-16(21)12-25(17)18)20(27)24-10-6-4-3-5-7-11-24/h8-9,12,15,26H,3-7,10-11,13-14H2,1-2H3. The summed E-state index contributed by atoms with van der Waals surface area (Å²) in [7, 11) is 1.94. The third kappa shape index (κ3) is 4.62. The molecule has 7 heteroatoms. The number of fused-ring (bicyclic) bond motifs is 1. The Bertz CT molecular complexity index is 784. The molecule has 2 aromatic heterocycles. The summed E-state index contributed by atoms with van der Waals surface area (Å²) in [5.74, 6) is -0.00299. The number of halogens is 1. The van der Waals surface area contributed by atoms with Gasteiger partial charge >= 0.3 is 0 Å². The molecule has 1 N–H and O–H groups in total. The molecular formula is C20H29ClN4O2. The molecule has 1 aliphatic rings. The van der Waals surface area contributed by atoms with Crippen LogP contribution in [0.2, 0.25) is 5.02 Å². The molecule has 6 nitrogen and oxygen atoms in total. The first-order valence-electron chi connectivity index (χ1n) is 9.78. The molecule has 0 radical (unpaired) electrons. The lowest BCUT2D eigenvalue weighted by atomic mass is 10.1. The average Bonchev–Trinajstić information content (AvgIpc) is 2.98. The molecule has 1 saturated heterocycles. The molecule has 27 heavy (non-hydrogen) atoms. The number of hydrogen-bond acceptors (Lipinski definition) is 4. The number of likely N-dealkylation sites (N-methyl/N-ethyl adjacent to an activating group) is 1. The number of imidazole rings is 1. The molecule has 2 aromatic rings. The molecule has 0 aromatic carbocycles. The second-order valence-electron chi connectivity index (χ2n) is 7.49. The highest BCUT2D eigenvalue weighted by Crippen LogP contribution is 2.21. The van der Waals surface area contributed by atoms with E-state index in [1.807, 2.05) is 34.2 Å². The van der Waals surface area contributed by atoms with E-state index in [1.54, 1.807) is 12.3 Å². The fourth-order valence-corrected chi connectivity index (χ4v) is 3.68. The number of carbonyl (C=O) groups excluding carboxylic acids is 1. The van der Waals surface area contributed by atoms with Gasteiger partial charge in [0.1, 0.15) is 5.65 Å². The Balaban J connectivity index is 1.97. The molecule has 148 valence electrons. The Morgan fingerprint density at radius 3 is 2.59 bits per heavy atom. The fourth-order valence-electron chi connectivity index (χ4n) is 3.52. The van der Waals surface area contributed by atoms with Crippen molar-refractivity contribution in [2.45, 2.75) is 51.6 Å². The van der Waals surface area contributed by atoms with Gasteiger partial charge in [-0.1, -0.05) is 30.9 Å². The van der Waals surface area contributed by atoms with Gasteiger partial charge in [0.2, 0.25) is 0 Å². The first kappa shape index (κ1) is 20.1. The number of hydrogen-bond donors (Lipinski definition) is 1. The molecule has 0 bridgehead atoms. The SMILES string of the molecule is CC(CO)N(C)Cc1c(C(=O)N2CCCCCCC2)nc2ccc(Cl)cn12. The van der Waals surface area contributed by atoms with Gasteiger partial charge in [-0.15, -0.1) is 0 Å². The van der Waals surface area contributed by atoms with Crippen molar-refractivity contribution >= 4 is 23.2 Å². The summed E-state index contributed by atoms with van der Waals surface area (Å²) in [5.41, 5.74) is 2.03. The average molecular weight is 393 g/mol. The molecule has 3 heterocycles. The third-order valence-electron chi connectivity index (χ3n) is 5.44. The Kier molecular flexibility index (Phi) is 6.73. The Morgan fingerprint density at radius 2 is 1.93 bits per heavy atom. The van der Waals surface area contributed by atoms with Gasteiger partial charge in [0.25, 0.3) is 5.91 Å². The van der Waals surface area contributed by atoms with E-state index in [4.69, 9.17) is 11.6 Å². The van der Waals surface area contributed by atoms with Crippen LogP contribution in [0.25, 0.3) is 5.65 Å². The van der Waals surface area contributed by atoms with E-state index in [1.165, 1.54) is 19.3 Å². The van der Waals surface area contributed by atoms with Gasteiger partial charge in [0.15, 0.2) is 5.69 Å². The van der Waals surface area contributed by atoms with Crippen LogP contribution in [-0.4, -0.2) is 63.0 Å². The first-order valence-corrected chi connectivity index (χ1v) is 10.2. The van der Waals surface area contributed by atoms with Crippen LogP contribution in [0.3, 0.4) is 0 Å². The maximum atomic E-state index is 13.3. The molecule has 1 unspecified atom stereocenters. The first-order chi connectivity index (χ1) is 13.0. The lowest BCUT2D eigenvalue weighted by Gasteiger charge is -2.26. The van der Waals surface area contributed by atoms with E-state index < -0.39 is 0 Å². The minimum Gasteiger partial charge on any atom is -0.395 e. The highest BCUT2D eigenvalue weighted by Gasteiger charge is 2.25. The smallest absolute Gasteiger partial charge is 0.274 e. The molecule has 1 fully saturated rings. The van der Waals surface area contributed by atoms with Crippen LogP contribution in [0, 0.1) is 0 Å². The molecule has 3 rings (SSSR count). The number of aliphatic hydroxyl groups excluding tert-OH is 1. The van der Waals surface area contributed by atoms with Crippen LogP contribution >= 0.6 is 11.6 Å². The summed E-state index contributed by atoms with van der Waals surface area (Å²) < 4.78 is 1.90. The summed E-state index contributed by atoms with van der Waals surface area (Å²) in [6.45, 7) is 4.10. The zero-order chi connectivity index (χ0) is 19.4. The summed E-state index contributed by atoms with van der Waals surface area (Å²) in [6.07, 6.45) is 7.50. The predicted molar refractivity (Wildman–Crippen MR) is 107 cm³/mol.